The van der Waals surface area contributed by atoms with Crippen LogP contribution in [0, 0.1) is 0 Å². The highest BCUT2D eigenvalue weighted by molar-refractivity contribution is 5.30. The first kappa shape index (κ1) is 16.7. The molecular weight excluding hydrogens is 313 g/mol. The first-order valence-electron chi connectivity index (χ1n) is 9.08. The summed E-state index contributed by atoms with van der Waals surface area (Å²) in [5, 5.41) is 3.39. The summed E-state index contributed by atoms with van der Waals surface area (Å²) in [5.74, 6) is 0. The molecule has 0 spiro atoms. The van der Waals surface area contributed by atoms with E-state index in [-0.39, 0.29) is 24.3 Å². The Labute approximate surface area is 149 Å². The molecule has 1 N–H and O–H groups in total. The van der Waals surface area contributed by atoms with Gasteiger partial charge < -0.3 is 5.32 Å². The number of nitrogens with one attached hydrogen (secondary N) is 1. The quantitative estimate of drug-likeness (QED) is 0.925. The van der Waals surface area contributed by atoms with Gasteiger partial charge in [0.25, 0.3) is 0 Å². The molecule has 2 saturated heterocycles. The molecule has 132 valence electrons. The van der Waals surface area contributed by atoms with Crippen LogP contribution in [0.2, 0.25) is 0 Å². The van der Waals surface area contributed by atoms with E-state index in [1.165, 1.54) is 11.1 Å². The van der Waals surface area contributed by atoms with Crippen molar-refractivity contribution in [3.63, 3.8) is 0 Å². The van der Waals surface area contributed by atoms with Gasteiger partial charge in [0.05, 0.1) is 18.2 Å². The lowest BCUT2D eigenvalue weighted by Gasteiger charge is -2.32. The lowest BCUT2D eigenvalue weighted by Crippen LogP contribution is -2.49. The molecule has 2 aliphatic rings. The van der Waals surface area contributed by atoms with E-state index in [1.54, 1.807) is 0 Å². The third kappa shape index (κ3) is 2.99. The average molecular weight is 339 g/mol. The van der Waals surface area contributed by atoms with E-state index in [0.717, 1.165) is 0 Å². The van der Waals surface area contributed by atoms with Crippen molar-refractivity contribution in [2.45, 2.75) is 36.9 Å². The van der Waals surface area contributed by atoms with Crippen LogP contribution >= 0.6 is 0 Å². The molecule has 4 atom stereocenters. The summed E-state index contributed by atoms with van der Waals surface area (Å²) in [4.78, 5) is 4.84. The Hall–Kier alpha value is -1.75. The van der Waals surface area contributed by atoms with E-state index in [1.807, 2.05) is 0 Å². The van der Waals surface area contributed by atoms with Crippen LogP contribution in [0.5, 0.6) is 0 Å². The second kappa shape index (κ2) is 6.87. The maximum absolute atomic E-state index is 13.8. The van der Waals surface area contributed by atoms with Crippen molar-refractivity contribution in [2.24, 2.45) is 0 Å². The third-order valence-corrected chi connectivity index (χ3v) is 5.76. The van der Waals surface area contributed by atoms with Crippen molar-refractivity contribution in [3.8, 4) is 0 Å². The molecule has 0 aromatic heterocycles. The Balaban J connectivity index is 1.74. The van der Waals surface area contributed by atoms with E-state index >= 15 is 0 Å². The normalized spacial score (nSPS) is 31.6. The second-order valence-corrected chi connectivity index (χ2v) is 7.30. The fourth-order valence-corrected chi connectivity index (χ4v) is 4.71. The molecular formula is C21H26FN3. The van der Waals surface area contributed by atoms with E-state index < -0.39 is 6.17 Å². The number of hydrogen-bond donors (Lipinski definition) is 1. The predicted octanol–water partition coefficient (Wildman–Crippen LogP) is 3.37. The summed E-state index contributed by atoms with van der Waals surface area (Å²) in [6.45, 7) is 0.467. The van der Waals surface area contributed by atoms with Gasteiger partial charge in [-0.1, -0.05) is 60.7 Å². The van der Waals surface area contributed by atoms with Gasteiger partial charge in [0.2, 0.25) is 0 Å². The molecule has 3 nitrogen and oxygen atoms in total. The SMILES string of the molecule is CN1C([C@@H]2C[C@H](F)CN2)N(C)[C@@H](c2ccccc2)[C@@H]1c1ccccc1. The van der Waals surface area contributed by atoms with Gasteiger partial charge in [-0.05, 0) is 31.6 Å². The van der Waals surface area contributed by atoms with Crippen LogP contribution < -0.4 is 5.32 Å². The Bertz CT molecular complexity index is 641. The van der Waals surface area contributed by atoms with Gasteiger partial charge in [0, 0.05) is 12.6 Å². The molecule has 0 saturated carbocycles. The Morgan fingerprint density at radius 2 is 1.32 bits per heavy atom. The van der Waals surface area contributed by atoms with Crippen molar-refractivity contribution in [1.29, 1.82) is 0 Å². The van der Waals surface area contributed by atoms with Gasteiger partial charge in [-0.15, -0.1) is 0 Å². The van der Waals surface area contributed by atoms with E-state index in [0.29, 0.717) is 13.0 Å². The van der Waals surface area contributed by atoms with Crippen LogP contribution in [0.4, 0.5) is 4.39 Å². The number of benzene rings is 2. The summed E-state index contributed by atoms with van der Waals surface area (Å²) in [6.07, 6.45) is 0.0245. The summed E-state index contributed by atoms with van der Waals surface area (Å²) < 4.78 is 13.8. The molecule has 2 aliphatic heterocycles. The molecule has 4 rings (SSSR count). The smallest absolute Gasteiger partial charge is 0.114 e. The van der Waals surface area contributed by atoms with Crippen LogP contribution in [-0.2, 0) is 0 Å². The van der Waals surface area contributed by atoms with Crippen molar-refractivity contribution in [2.75, 3.05) is 20.6 Å². The van der Waals surface area contributed by atoms with Gasteiger partial charge in [-0.2, -0.15) is 0 Å². The highest BCUT2D eigenvalue weighted by Gasteiger charge is 2.48. The van der Waals surface area contributed by atoms with Crippen LogP contribution in [0.15, 0.2) is 60.7 Å². The van der Waals surface area contributed by atoms with Crippen molar-refractivity contribution < 1.29 is 4.39 Å². The zero-order valence-corrected chi connectivity index (χ0v) is 14.8. The first-order valence-corrected chi connectivity index (χ1v) is 9.08. The lowest BCUT2D eigenvalue weighted by molar-refractivity contribution is 0.121. The molecule has 2 aromatic rings. The fourth-order valence-electron chi connectivity index (χ4n) is 4.71. The minimum Gasteiger partial charge on any atom is -0.308 e. The second-order valence-electron chi connectivity index (χ2n) is 7.30. The monoisotopic (exact) mass is 339 g/mol. The number of nitrogens with zero attached hydrogens (tertiary/aromatic N) is 2. The summed E-state index contributed by atoms with van der Waals surface area (Å²) >= 11 is 0. The number of hydrogen-bond acceptors (Lipinski definition) is 3. The minimum absolute atomic E-state index is 0.157. The topological polar surface area (TPSA) is 18.5 Å². The molecule has 0 amide bonds. The summed E-state index contributed by atoms with van der Waals surface area (Å²) in [7, 11) is 4.35. The van der Waals surface area contributed by atoms with Gasteiger partial charge in [-0.25, -0.2) is 4.39 Å². The minimum atomic E-state index is -0.738. The molecule has 2 fully saturated rings. The standard InChI is InChI=1S/C21H26FN3/c1-24-19(15-9-5-3-6-10-15)20(16-11-7-4-8-12-16)25(2)21(24)18-13-17(22)14-23-18/h3-12,17-21,23H,13-14H2,1-2H3/t17-,18-,19-,20-/m0/s1. The molecule has 0 bridgehead atoms. The highest BCUT2D eigenvalue weighted by atomic mass is 19.1. The highest BCUT2D eigenvalue weighted by Crippen LogP contribution is 2.46. The van der Waals surface area contributed by atoms with Crippen LogP contribution in [0.25, 0.3) is 0 Å². The van der Waals surface area contributed by atoms with Crippen LogP contribution in [0.3, 0.4) is 0 Å². The van der Waals surface area contributed by atoms with Crippen molar-refractivity contribution in [3.05, 3.63) is 71.8 Å². The molecule has 4 heteroatoms. The first-order chi connectivity index (χ1) is 12.2. The molecule has 0 aliphatic carbocycles. The third-order valence-electron chi connectivity index (χ3n) is 5.76. The Kier molecular flexibility index (Phi) is 4.59. The number of halogens is 1. The Morgan fingerprint density at radius 3 is 1.72 bits per heavy atom. The zero-order chi connectivity index (χ0) is 17.4. The molecule has 0 radical (unpaired) electrons. The molecule has 0 unspecified atom stereocenters. The summed E-state index contributed by atoms with van der Waals surface area (Å²) in [5.41, 5.74) is 2.62. The van der Waals surface area contributed by atoms with Gasteiger partial charge >= 0.3 is 0 Å². The predicted molar refractivity (Wildman–Crippen MR) is 99.0 cm³/mol. The van der Waals surface area contributed by atoms with E-state index in [4.69, 9.17) is 0 Å². The molecule has 2 heterocycles. The van der Waals surface area contributed by atoms with Gasteiger partial charge in [-0.3, -0.25) is 9.80 Å². The van der Waals surface area contributed by atoms with E-state index in [2.05, 4.69) is 89.9 Å². The van der Waals surface area contributed by atoms with Crippen LogP contribution in [-0.4, -0.2) is 48.8 Å². The van der Waals surface area contributed by atoms with Crippen LogP contribution in [0.1, 0.15) is 29.6 Å². The maximum atomic E-state index is 13.8. The average Bonchev–Trinajstić information content (AvgIpc) is 3.17. The number of alkyl halides is 1. The fraction of sp³-hybridized carbons (Fsp3) is 0.429. The summed E-state index contributed by atoms with van der Waals surface area (Å²) in [6, 6.07) is 22.0. The number of likely N-dealkylation sites (N-methyl/N-ethyl adjacent to an activating group) is 2. The number of rotatable bonds is 3. The van der Waals surface area contributed by atoms with E-state index in [9.17, 15) is 4.39 Å². The van der Waals surface area contributed by atoms with Crippen molar-refractivity contribution >= 4 is 0 Å². The zero-order valence-electron chi connectivity index (χ0n) is 14.8. The molecule has 2 aromatic carbocycles. The van der Waals surface area contributed by atoms with Crippen molar-refractivity contribution in [1.82, 2.24) is 15.1 Å². The maximum Gasteiger partial charge on any atom is 0.114 e. The van der Waals surface area contributed by atoms with Gasteiger partial charge in [0.15, 0.2) is 0 Å². The Morgan fingerprint density at radius 1 is 0.840 bits per heavy atom. The largest absolute Gasteiger partial charge is 0.308 e. The molecule has 25 heavy (non-hydrogen) atoms. The van der Waals surface area contributed by atoms with Gasteiger partial charge in [0.1, 0.15) is 6.17 Å². The lowest BCUT2D eigenvalue weighted by atomic mass is 9.93.